The van der Waals surface area contributed by atoms with Gasteiger partial charge in [0.1, 0.15) is 0 Å². The average molecular weight is 540 g/mol. The first kappa shape index (κ1) is 28.5. The molecule has 2 amide bonds. The molecule has 3 aromatic rings. The summed E-state index contributed by atoms with van der Waals surface area (Å²) in [6.07, 6.45) is 0.966. The van der Waals surface area contributed by atoms with Crippen LogP contribution in [0.5, 0.6) is 11.5 Å². The second-order valence-corrected chi connectivity index (χ2v) is 11.5. The van der Waals surface area contributed by atoms with Crippen LogP contribution >= 0.6 is 0 Å². The minimum absolute atomic E-state index is 0.0138. The summed E-state index contributed by atoms with van der Waals surface area (Å²) in [6, 6.07) is 17.0. The summed E-state index contributed by atoms with van der Waals surface area (Å²) < 4.78 is 34.8. The molecule has 3 rings (SSSR count). The summed E-state index contributed by atoms with van der Waals surface area (Å²) in [6.45, 7) is 4.28. The highest BCUT2D eigenvalue weighted by atomic mass is 32.2. The number of anilines is 2. The Hall–Kier alpha value is -4.05. The number of hydrogen-bond acceptors (Lipinski definition) is 7. The van der Waals surface area contributed by atoms with Gasteiger partial charge in [0.25, 0.3) is 5.91 Å². The van der Waals surface area contributed by atoms with Crippen molar-refractivity contribution in [3.63, 3.8) is 0 Å². The fourth-order valence-corrected chi connectivity index (χ4v) is 5.15. The van der Waals surface area contributed by atoms with E-state index >= 15 is 0 Å². The van der Waals surface area contributed by atoms with Crippen LogP contribution in [0, 0.1) is 0 Å². The lowest BCUT2D eigenvalue weighted by molar-refractivity contribution is -0.120. The van der Waals surface area contributed by atoms with E-state index in [1.54, 1.807) is 42.5 Å². The monoisotopic (exact) mass is 539 g/mol. The van der Waals surface area contributed by atoms with Gasteiger partial charge in [-0.1, -0.05) is 38.1 Å². The molecule has 4 N–H and O–H groups in total. The zero-order valence-corrected chi connectivity index (χ0v) is 22.9. The molecule has 0 radical (unpaired) electrons. The Kier molecular flexibility index (Phi) is 8.67. The van der Waals surface area contributed by atoms with Crippen molar-refractivity contribution >= 4 is 33.0 Å². The van der Waals surface area contributed by atoms with Crippen molar-refractivity contribution in [2.75, 3.05) is 38.1 Å². The number of sulfone groups is 1. The zero-order valence-electron chi connectivity index (χ0n) is 22.1. The number of benzene rings is 3. The van der Waals surface area contributed by atoms with Crippen molar-refractivity contribution < 1.29 is 27.5 Å². The molecule has 9 nitrogen and oxygen atoms in total. The minimum atomic E-state index is -3.58. The molecule has 0 heterocycles. The van der Waals surface area contributed by atoms with E-state index in [4.69, 9.17) is 15.2 Å². The molecule has 0 fully saturated rings. The summed E-state index contributed by atoms with van der Waals surface area (Å²) >= 11 is 0. The lowest BCUT2D eigenvalue weighted by Gasteiger charge is -2.26. The molecule has 0 saturated carbocycles. The summed E-state index contributed by atoms with van der Waals surface area (Å²) in [7, 11) is -0.545. The molecule has 0 spiro atoms. The Bertz CT molecular complexity index is 1430. The Morgan fingerprint density at radius 1 is 0.947 bits per heavy atom. The number of rotatable bonds is 10. The van der Waals surface area contributed by atoms with Crippen molar-refractivity contribution in [3.05, 3.63) is 77.4 Å². The van der Waals surface area contributed by atoms with Crippen molar-refractivity contribution in [2.45, 2.75) is 30.6 Å². The molecule has 0 aliphatic carbocycles. The summed E-state index contributed by atoms with van der Waals surface area (Å²) in [5.41, 5.74) is 7.89. The van der Waals surface area contributed by atoms with E-state index < -0.39 is 15.3 Å². The highest BCUT2D eigenvalue weighted by Gasteiger charge is 2.23. The number of amides is 2. The second kappa shape index (κ2) is 11.6. The van der Waals surface area contributed by atoms with Gasteiger partial charge in [-0.25, -0.2) is 8.42 Å². The average Bonchev–Trinajstić information content (AvgIpc) is 2.86. The summed E-state index contributed by atoms with van der Waals surface area (Å²) in [5.74, 6) is 0.390. The van der Waals surface area contributed by atoms with Crippen molar-refractivity contribution in [1.29, 1.82) is 0 Å². The predicted molar refractivity (Wildman–Crippen MR) is 148 cm³/mol. The van der Waals surface area contributed by atoms with Gasteiger partial charge in [-0.05, 0) is 47.5 Å². The Labute approximate surface area is 223 Å². The van der Waals surface area contributed by atoms with Gasteiger partial charge < -0.3 is 25.8 Å². The second-order valence-electron chi connectivity index (χ2n) is 9.55. The van der Waals surface area contributed by atoms with Crippen LogP contribution in [0.4, 0.5) is 11.4 Å². The summed E-state index contributed by atoms with van der Waals surface area (Å²) in [5, 5.41) is 5.75. The van der Waals surface area contributed by atoms with Crippen LogP contribution in [0.15, 0.2) is 65.6 Å². The number of methoxy groups -OCH3 is 2. The maximum absolute atomic E-state index is 12.7. The zero-order chi connectivity index (χ0) is 28.1. The fourth-order valence-electron chi connectivity index (χ4n) is 4.04. The molecule has 0 atom stereocenters. The molecular weight excluding hydrogens is 506 g/mol. The van der Waals surface area contributed by atoms with Crippen molar-refractivity contribution in [3.8, 4) is 11.5 Å². The highest BCUT2D eigenvalue weighted by molar-refractivity contribution is 7.91. The Morgan fingerprint density at radius 2 is 1.61 bits per heavy atom. The smallest absolute Gasteiger partial charge is 0.255 e. The van der Waals surface area contributed by atoms with Crippen LogP contribution in [0.2, 0.25) is 0 Å². The van der Waals surface area contributed by atoms with Crippen LogP contribution in [0.25, 0.3) is 0 Å². The lowest BCUT2D eigenvalue weighted by atomic mass is 9.84. The third-order valence-electron chi connectivity index (χ3n) is 6.15. The van der Waals surface area contributed by atoms with Crippen LogP contribution in [-0.4, -0.2) is 47.3 Å². The van der Waals surface area contributed by atoms with Gasteiger partial charge in [0, 0.05) is 29.5 Å². The van der Waals surface area contributed by atoms with Crippen molar-refractivity contribution in [1.82, 2.24) is 5.32 Å². The normalized spacial score (nSPS) is 11.5. The van der Waals surface area contributed by atoms with E-state index in [-0.39, 0.29) is 28.8 Å². The van der Waals surface area contributed by atoms with Crippen LogP contribution < -0.4 is 25.8 Å². The number of nitrogens with one attached hydrogen (secondary N) is 2. The molecule has 0 saturated heterocycles. The lowest BCUT2D eigenvalue weighted by Crippen LogP contribution is -2.37. The van der Waals surface area contributed by atoms with Gasteiger partial charge in [-0.15, -0.1) is 0 Å². The first-order valence-corrected chi connectivity index (χ1v) is 13.7. The number of carbonyl (C=O) groups is 2. The topological polar surface area (TPSA) is 137 Å². The van der Waals surface area contributed by atoms with Crippen molar-refractivity contribution in [2.24, 2.45) is 0 Å². The maximum atomic E-state index is 12.7. The number of ether oxygens (including phenoxy) is 2. The van der Waals surface area contributed by atoms with E-state index in [1.165, 1.54) is 20.3 Å². The van der Waals surface area contributed by atoms with Gasteiger partial charge in [-0.2, -0.15) is 0 Å². The van der Waals surface area contributed by atoms with Gasteiger partial charge in [0.15, 0.2) is 21.3 Å². The number of hydrogen-bond donors (Lipinski definition) is 3. The summed E-state index contributed by atoms with van der Waals surface area (Å²) in [4.78, 5) is 25.3. The van der Waals surface area contributed by atoms with Crippen LogP contribution in [-0.2, 0) is 26.5 Å². The fraction of sp³-hybridized carbons (Fsp3) is 0.286. The number of nitrogens with two attached hydrogens (primary N) is 1. The van der Waals surface area contributed by atoms with Gasteiger partial charge in [0.2, 0.25) is 5.91 Å². The maximum Gasteiger partial charge on any atom is 0.255 e. The number of carbonyl (C=O) groups excluding carboxylic acids is 2. The predicted octanol–water partition coefficient (Wildman–Crippen LogP) is 3.58. The molecule has 38 heavy (non-hydrogen) atoms. The first-order chi connectivity index (χ1) is 17.9. The number of nitrogen functional groups attached to an aromatic ring is 1. The SMILES string of the molecule is COc1ccc(C(=O)Nc2ccc(C(C)(C)CNC(=O)Cc3cccc(N)c3S(C)(=O)=O)cc2)cc1OC. The molecular formula is C28H33N3O6S. The molecule has 10 heteroatoms. The highest BCUT2D eigenvalue weighted by Crippen LogP contribution is 2.29. The quantitative estimate of drug-likeness (QED) is 0.335. The first-order valence-electron chi connectivity index (χ1n) is 11.8. The molecule has 0 aliphatic rings. The molecule has 3 aromatic carbocycles. The molecule has 0 unspecified atom stereocenters. The van der Waals surface area contributed by atoms with Gasteiger partial charge in [-0.3, -0.25) is 9.59 Å². The third-order valence-corrected chi connectivity index (χ3v) is 7.39. The standard InChI is InChI=1S/C28H33N3O6S/c1-28(2,17-30-25(32)16-18-7-6-8-22(29)26(18)38(5,34)35)20-10-12-21(13-11-20)31-27(33)19-9-14-23(36-3)24(15-19)37-4/h6-15H,16-17,29H2,1-5H3,(H,30,32)(H,31,33). The Morgan fingerprint density at radius 3 is 2.21 bits per heavy atom. The van der Waals surface area contributed by atoms with E-state index in [9.17, 15) is 18.0 Å². The largest absolute Gasteiger partial charge is 0.493 e. The minimum Gasteiger partial charge on any atom is -0.493 e. The molecule has 202 valence electrons. The van der Waals surface area contributed by atoms with Gasteiger partial charge >= 0.3 is 0 Å². The molecule has 0 aromatic heterocycles. The van der Waals surface area contributed by atoms with E-state index in [0.717, 1.165) is 11.8 Å². The van der Waals surface area contributed by atoms with E-state index in [1.807, 2.05) is 26.0 Å². The van der Waals surface area contributed by atoms with Crippen LogP contribution in [0.1, 0.15) is 35.3 Å². The molecule has 0 bridgehead atoms. The van der Waals surface area contributed by atoms with Gasteiger partial charge in [0.05, 0.1) is 31.2 Å². The van der Waals surface area contributed by atoms with Crippen LogP contribution in [0.3, 0.4) is 0 Å². The van der Waals surface area contributed by atoms with E-state index in [2.05, 4.69) is 10.6 Å². The molecule has 0 aliphatic heterocycles. The third kappa shape index (κ3) is 6.83. The Balaban J connectivity index is 1.64. The van der Waals surface area contributed by atoms with E-state index in [0.29, 0.717) is 34.9 Å².